The maximum absolute atomic E-state index is 6.39. The van der Waals surface area contributed by atoms with Crippen molar-refractivity contribution in [1.29, 1.82) is 0 Å². The van der Waals surface area contributed by atoms with Gasteiger partial charge in [0.15, 0.2) is 0 Å². The van der Waals surface area contributed by atoms with Crippen molar-refractivity contribution in [2.45, 2.75) is 17.2 Å². The van der Waals surface area contributed by atoms with Gasteiger partial charge in [0.1, 0.15) is 0 Å². The summed E-state index contributed by atoms with van der Waals surface area (Å²) < 4.78 is 0. The van der Waals surface area contributed by atoms with E-state index in [9.17, 15) is 0 Å². The topological polar surface area (TPSA) is 0 Å². The van der Waals surface area contributed by atoms with Crippen LogP contribution in [0.2, 0.25) is 10.0 Å². The fraction of sp³-hybridized carbons (Fsp3) is 0.200. The third kappa shape index (κ3) is 1.93. The average Bonchev–Trinajstić information content (AvgIpc) is 3.04. The van der Waals surface area contributed by atoms with E-state index >= 15 is 0 Å². The molecule has 0 N–H and O–H groups in total. The van der Waals surface area contributed by atoms with E-state index in [1.165, 1.54) is 11.1 Å². The standard InChI is InChI=1S/C15H11Cl3/c16-12-5-1-10(2-6-12)15(9-14(15)18)11-3-7-13(17)8-4-11/h1-8,14H,9H2/t14-/m0/s1. The van der Waals surface area contributed by atoms with E-state index in [0.29, 0.717) is 0 Å². The first-order valence-corrected chi connectivity index (χ1v) is 6.98. The summed E-state index contributed by atoms with van der Waals surface area (Å²) in [6.45, 7) is 0. The number of alkyl halides is 1. The quantitative estimate of drug-likeness (QED) is 0.661. The molecular weight excluding hydrogens is 287 g/mol. The molecule has 0 heterocycles. The molecule has 0 aliphatic heterocycles. The molecule has 18 heavy (non-hydrogen) atoms. The van der Waals surface area contributed by atoms with E-state index in [2.05, 4.69) is 24.3 Å². The van der Waals surface area contributed by atoms with Gasteiger partial charge in [-0.25, -0.2) is 0 Å². The van der Waals surface area contributed by atoms with Crippen molar-refractivity contribution in [2.24, 2.45) is 0 Å². The van der Waals surface area contributed by atoms with Crippen molar-refractivity contribution in [1.82, 2.24) is 0 Å². The van der Waals surface area contributed by atoms with Crippen LogP contribution in [-0.4, -0.2) is 5.38 Å². The molecule has 2 aromatic rings. The summed E-state index contributed by atoms with van der Waals surface area (Å²) in [5.74, 6) is 0. The van der Waals surface area contributed by atoms with Crippen molar-refractivity contribution in [2.75, 3.05) is 0 Å². The minimum atomic E-state index is -0.0727. The summed E-state index contributed by atoms with van der Waals surface area (Å²) in [6, 6.07) is 15.9. The normalized spacial score (nSPS) is 20.7. The Bertz CT molecular complexity index is 512. The Morgan fingerprint density at radius 1 is 0.778 bits per heavy atom. The zero-order valence-electron chi connectivity index (χ0n) is 9.54. The molecule has 0 saturated heterocycles. The highest BCUT2D eigenvalue weighted by molar-refractivity contribution is 6.31. The largest absolute Gasteiger partial charge is 0.122 e. The summed E-state index contributed by atoms with van der Waals surface area (Å²) >= 11 is 18.3. The lowest BCUT2D eigenvalue weighted by Crippen LogP contribution is -2.12. The highest BCUT2D eigenvalue weighted by Crippen LogP contribution is 2.57. The molecule has 3 rings (SSSR count). The zero-order chi connectivity index (χ0) is 12.8. The van der Waals surface area contributed by atoms with E-state index in [0.717, 1.165) is 16.5 Å². The van der Waals surface area contributed by atoms with Crippen LogP contribution in [0, 0.1) is 0 Å². The second-order valence-corrected chi connectivity index (χ2v) is 6.06. The molecular formula is C15H11Cl3. The molecule has 0 radical (unpaired) electrons. The Morgan fingerprint density at radius 2 is 1.11 bits per heavy atom. The maximum Gasteiger partial charge on any atom is 0.0486 e. The predicted molar refractivity (Wildman–Crippen MR) is 77.9 cm³/mol. The van der Waals surface area contributed by atoms with Crippen molar-refractivity contribution in [3.05, 3.63) is 69.7 Å². The van der Waals surface area contributed by atoms with E-state index in [-0.39, 0.29) is 10.8 Å². The lowest BCUT2D eigenvalue weighted by molar-refractivity contribution is 0.849. The predicted octanol–water partition coefficient (Wildman–Crippen LogP) is 5.29. The van der Waals surface area contributed by atoms with Crippen LogP contribution in [0.3, 0.4) is 0 Å². The van der Waals surface area contributed by atoms with Crippen molar-refractivity contribution in [3.8, 4) is 0 Å². The van der Waals surface area contributed by atoms with Gasteiger partial charge < -0.3 is 0 Å². The molecule has 0 amide bonds. The van der Waals surface area contributed by atoms with Gasteiger partial charge >= 0.3 is 0 Å². The van der Waals surface area contributed by atoms with Crippen molar-refractivity contribution >= 4 is 34.8 Å². The van der Waals surface area contributed by atoms with Crippen LogP contribution < -0.4 is 0 Å². The van der Waals surface area contributed by atoms with Gasteiger partial charge in [0.2, 0.25) is 0 Å². The van der Waals surface area contributed by atoms with Gasteiger partial charge in [0, 0.05) is 20.8 Å². The third-order valence-electron chi connectivity index (χ3n) is 3.59. The maximum atomic E-state index is 6.39. The fourth-order valence-corrected chi connectivity index (χ4v) is 3.23. The lowest BCUT2D eigenvalue weighted by atomic mass is 9.88. The highest BCUT2D eigenvalue weighted by Gasteiger charge is 2.55. The Balaban J connectivity index is 2.06. The Morgan fingerprint density at radius 3 is 1.39 bits per heavy atom. The van der Waals surface area contributed by atoms with Gasteiger partial charge in [0.25, 0.3) is 0 Å². The molecule has 3 heteroatoms. The minimum absolute atomic E-state index is 0.0727. The monoisotopic (exact) mass is 296 g/mol. The van der Waals surface area contributed by atoms with Gasteiger partial charge in [-0.1, -0.05) is 47.5 Å². The van der Waals surface area contributed by atoms with Crippen molar-refractivity contribution < 1.29 is 0 Å². The number of benzene rings is 2. The van der Waals surface area contributed by atoms with Crippen LogP contribution in [0.1, 0.15) is 17.5 Å². The highest BCUT2D eigenvalue weighted by atomic mass is 35.5. The van der Waals surface area contributed by atoms with Gasteiger partial charge in [-0.05, 0) is 41.8 Å². The molecule has 1 aliphatic rings. The SMILES string of the molecule is Clc1ccc(C2(c3ccc(Cl)cc3)C[C@@H]2Cl)cc1. The van der Waals surface area contributed by atoms with Gasteiger partial charge in [-0.2, -0.15) is 0 Å². The summed E-state index contributed by atoms with van der Waals surface area (Å²) in [5, 5.41) is 1.63. The molecule has 92 valence electrons. The molecule has 0 unspecified atom stereocenters. The second kappa shape index (κ2) is 4.45. The first kappa shape index (κ1) is 12.3. The minimum Gasteiger partial charge on any atom is -0.122 e. The van der Waals surface area contributed by atoms with Crippen LogP contribution in [0.25, 0.3) is 0 Å². The Kier molecular flexibility index (Phi) is 3.05. The Hall–Kier alpha value is -0.690. The van der Waals surface area contributed by atoms with Gasteiger partial charge in [-0.15, -0.1) is 11.6 Å². The van der Waals surface area contributed by atoms with E-state index in [4.69, 9.17) is 34.8 Å². The van der Waals surface area contributed by atoms with E-state index in [1.54, 1.807) is 0 Å². The van der Waals surface area contributed by atoms with Crippen LogP contribution >= 0.6 is 34.8 Å². The molecule has 0 spiro atoms. The third-order valence-corrected chi connectivity index (χ3v) is 4.63. The molecule has 1 fully saturated rings. The van der Waals surface area contributed by atoms with Crippen LogP contribution in [0.5, 0.6) is 0 Å². The first-order valence-electron chi connectivity index (χ1n) is 5.79. The smallest absolute Gasteiger partial charge is 0.0486 e. The molecule has 1 saturated carbocycles. The zero-order valence-corrected chi connectivity index (χ0v) is 11.8. The number of hydrogen-bond donors (Lipinski definition) is 0. The van der Waals surface area contributed by atoms with Gasteiger partial charge in [-0.3, -0.25) is 0 Å². The molecule has 1 aliphatic carbocycles. The lowest BCUT2D eigenvalue weighted by Gasteiger charge is -2.17. The first-order chi connectivity index (χ1) is 8.63. The van der Waals surface area contributed by atoms with Crippen molar-refractivity contribution in [3.63, 3.8) is 0 Å². The summed E-state index contributed by atoms with van der Waals surface area (Å²) in [5.41, 5.74) is 2.36. The molecule has 0 bridgehead atoms. The summed E-state index contributed by atoms with van der Waals surface area (Å²) in [7, 11) is 0. The van der Waals surface area contributed by atoms with Crippen LogP contribution in [0.15, 0.2) is 48.5 Å². The van der Waals surface area contributed by atoms with Gasteiger partial charge in [0.05, 0.1) is 0 Å². The summed E-state index contributed by atoms with van der Waals surface area (Å²) in [6.07, 6.45) is 0.956. The summed E-state index contributed by atoms with van der Waals surface area (Å²) in [4.78, 5) is 0. The van der Waals surface area contributed by atoms with Crippen LogP contribution in [-0.2, 0) is 5.41 Å². The fourth-order valence-electron chi connectivity index (χ4n) is 2.48. The Labute approximate surface area is 121 Å². The molecule has 1 atom stereocenters. The molecule has 0 aromatic heterocycles. The second-order valence-electron chi connectivity index (χ2n) is 4.66. The van der Waals surface area contributed by atoms with E-state index in [1.807, 2.05) is 24.3 Å². The molecule has 2 aromatic carbocycles. The molecule has 0 nitrogen and oxygen atoms in total. The number of hydrogen-bond acceptors (Lipinski definition) is 0. The number of halogens is 3. The van der Waals surface area contributed by atoms with Crippen LogP contribution in [0.4, 0.5) is 0 Å². The average molecular weight is 298 g/mol. The van der Waals surface area contributed by atoms with E-state index < -0.39 is 0 Å². The number of rotatable bonds is 2.